The monoisotopic (exact) mass is 608 g/mol. The summed E-state index contributed by atoms with van der Waals surface area (Å²) in [5, 5.41) is 9.05. The number of carbonyl (C=O) groups excluding carboxylic acids is 3. The van der Waals surface area contributed by atoms with Gasteiger partial charge in [0.2, 0.25) is 0 Å². The van der Waals surface area contributed by atoms with E-state index in [0.29, 0.717) is 31.9 Å². The Morgan fingerprint density at radius 3 is 2.02 bits per heavy atom. The Balaban J connectivity index is 0.000000250. The van der Waals surface area contributed by atoms with Gasteiger partial charge >= 0.3 is 0 Å². The van der Waals surface area contributed by atoms with Gasteiger partial charge in [-0.15, -0.1) is 0 Å². The van der Waals surface area contributed by atoms with Crippen LogP contribution in [0.2, 0.25) is 10.0 Å². The van der Waals surface area contributed by atoms with Crippen LogP contribution >= 0.6 is 35.0 Å². The molecule has 4 rings (SSSR count). The minimum atomic E-state index is -0.373. The van der Waals surface area contributed by atoms with Gasteiger partial charge in [-0.2, -0.15) is 14.9 Å². The first-order chi connectivity index (χ1) is 19.5. The highest BCUT2D eigenvalue weighted by Crippen LogP contribution is 2.29. The maximum atomic E-state index is 13.0. The Morgan fingerprint density at radius 1 is 0.854 bits per heavy atom. The summed E-state index contributed by atoms with van der Waals surface area (Å²) in [5.41, 5.74) is 4.22. The van der Waals surface area contributed by atoms with Gasteiger partial charge in [0.25, 0.3) is 5.56 Å². The Bertz CT molecular complexity index is 1670. The maximum absolute atomic E-state index is 13.0. The molecule has 210 valence electrons. The van der Waals surface area contributed by atoms with E-state index in [9.17, 15) is 19.2 Å². The number of ketones is 3. The average molecular weight is 610 g/mol. The van der Waals surface area contributed by atoms with Crippen molar-refractivity contribution in [1.82, 2.24) is 9.78 Å². The lowest BCUT2D eigenvalue weighted by molar-refractivity contribution is -0.114. The molecule has 0 atom stereocenters. The third-order valence-corrected chi connectivity index (χ3v) is 7.08. The van der Waals surface area contributed by atoms with Gasteiger partial charge in [0.05, 0.1) is 16.3 Å². The highest BCUT2D eigenvalue weighted by atomic mass is 35.5. The standard InChI is InChI=1S/C19H15ClN2O2S.C11H11ClN2O2/c1-12-17(13(2)23)21-22(15-8-6-7-14(20)11-15)19(24)18(12)25-16-9-4-3-5-10-16;1-7(15)11(8(2)16)14-13-10-5-3-4-9(12)6-10/h3-11H,1-2H3;3-6,13H,1-2H3. The number of hydrogen-bond acceptors (Lipinski definition) is 8. The summed E-state index contributed by atoms with van der Waals surface area (Å²) in [6.07, 6.45) is 0. The fraction of sp³-hybridized carbons (Fsp3) is 0.133. The lowest BCUT2D eigenvalue weighted by Crippen LogP contribution is -2.26. The van der Waals surface area contributed by atoms with E-state index in [-0.39, 0.29) is 34.3 Å². The molecule has 0 bridgehead atoms. The molecule has 4 aromatic rings. The van der Waals surface area contributed by atoms with Crippen molar-refractivity contribution >= 4 is 63.7 Å². The van der Waals surface area contributed by atoms with E-state index >= 15 is 0 Å². The molecule has 0 amide bonds. The van der Waals surface area contributed by atoms with Crippen LogP contribution in [-0.4, -0.2) is 32.8 Å². The fourth-order valence-electron chi connectivity index (χ4n) is 3.51. The lowest BCUT2D eigenvalue weighted by Gasteiger charge is -2.13. The van der Waals surface area contributed by atoms with Gasteiger partial charge in [0.15, 0.2) is 23.1 Å². The largest absolute Gasteiger partial charge is 0.293 e. The van der Waals surface area contributed by atoms with Gasteiger partial charge in [-0.25, -0.2) is 0 Å². The molecule has 3 aromatic carbocycles. The van der Waals surface area contributed by atoms with Crippen molar-refractivity contribution in [1.29, 1.82) is 0 Å². The summed E-state index contributed by atoms with van der Waals surface area (Å²) < 4.78 is 1.24. The number of rotatable bonds is 8. The molecule has 0 saturated carbocycles. The Hall–Kier alpha value is -4.05. The number of benzene rings is 3. The predicted octanol–water partition coefficient (Wildman–Crippen LogP) is 6.83. The first kappa shape index (κ1) is 31.5. The number of hydrazone groups is 1. The number of anilines is 1. The van der Waals surface area contributed by atoms with Crippen molar-refractivity contribution < 1.29 is 14.4 Å². The number of Topliss-reactive ketones (excluding diaryl/α,β-unsaturated/α-hetero) is 3. The van der Waals surface area contributed by atoms with Crippen LogP contribution in [0.5, 0.6) is 0 Å². The molecule has 0 fully saturated rings. The van der Waals surface area contributed by atoms with Gasteiger partial charge < -0.3 is 0 Å². The van der Waals surface area contributed by atoms with Gasteiger partial charge in [-0.3, -0.25) is 24.6 Å². The zero-order valence-electron chi connectivity index (χ0n) is 22.6. The molecule has 0 aliphatic heterocycles. The van der Waals surface area contributed by atoms with Crippen LogP contribution in [0, 0.1) is 6.92 Å². The highest BCUT2D eigenvalue weighted by molar-refractivity contribution is 7.99. The average Bonchev–Trinajstić information content (AvgIpc) is 2.91. The second-order valence-corrected chi connectivity index (χ2v) is 10.6. The van der Waals surface area contributed by atoms with Crippen molar-refractivity contribution in [3.05, 3.63) is 111 Å². The molecular weight excluding hydrogens is 583 g/mol. The molecule has 0 spiro atoms. The molecule has 0 aliphatic carbocycles. The third kappa shape index (κ3) is 8.72. The van der Waals surface area contributed by atoms with Crippen LogP contribution in [0.25, 0.3) is 5.69 Å². The molecule has 1 N–H and O–H groups in total. The van der Waals surface area contributed by atoms with E-state index in [1.54, 1.807) is 55.5 Å². The third-order valence-electron chi connectivity index (χ3n) is 5.42. The zero-order valence-corrected chi connectivity index (χ0v) is 25.0. The van der Waals surface area contributed by atoms with E-state index in [1.165, 1.54) is 37.2 Å². The smallest absolute Gasteiger partial charge is 0.285 e. The number of carbonyl (C=O) groups is 3. The normalized spacial score (nSPS) is 10.2. The van der Waals surface area contributed by atoms with Gasteiger partial charge in [-0.1, -0.05) is 65.3 Å². The molecule has 0 saturated heterocycles. The summed E-state index contributed by atoms with van der Waals surface area (Å²) in [5.74, 6) is -0.938. The van der Waals surface area contributed by atoms with Crippen LogP contribution in [0.15, 0.2) is 98.5 Å². The van der Waals surface area contributed by atoms with Gasteiger partial charge in [0.1, 0.15) is 5.69 Å². The molecule has 41 heavy (non-hydrogen) atoms. The van der Waals surface area contributed by atoms with Crippen LogP contribution in [0.4, 0.5) is 5.69 Å². The molecule has 0 unspecified atom stereocenters. The highest BCUT2D eigenvalue weighted by Gasteiger charge is 2.19. The van der Waals surface area contributed by atoms with Gasteiger partial charge in [0, 0.05) is 35.7 Å². The minimum absolute atomic E-state index is 0.111. The summed E-state index contributed by atoms with van der Waals surface area (Å²) in [7, 11) is 0. The minimum Gasteiger partial charge on any atom is -0.293 e. The van der Waals surface area contributed by atoms with Crippen molar-refractivity contribution in [3.8, 4) is 5.69 Å². The number of aromatic nitrogens is 2. The summed E-state index contributed by atoms with van der Waals surface area (Å²) in [4.78, 5) is 48.5. The van der Waals surface area contributed by atoms with Crippen LogP contribution in [0.1, 0.15) is 36.8 Å². The van der Waals surface area contributed by atoms with Crippen LogP contribution in [-0.2, 0) is 9.59 Å². The molecule has 0 aliphatic rings. The maximum Gasteiger partial charge on any atom is 0.285 e. The quantitative estimate of drug-likeness (QED) is 0.101. The Kier molecular flexibility index (Phi) is 11.2. The predicted molar refractivity (Wildman–Crippen MR) is 164 cm³/mol. The van der Waals surface area contributed by atoms with Crippen LogP contribution in [0.3, 0.4) is 0 Å². The van der Waals surface area contributed by atoms with Crippen molar-refractivity contribution in [2.24, 2.45) is 5.10 Å². The Labute approximate surface area is 251 Å². The molecule has 11 heteroatoms. The molecule has 1 aromatic heterocycles. The summed E-state index contributed by atoms with van der Waals surface area (Å²) in [6.45, 7) is 5.78. The number of hydrogen-bond donors (Lipinski definition) is 1. The number of halogens is 2. The molecule has 1 heterocycles. The second-order valence-electron chi connectivity index (χ2n) is 8.67. The zero-order chi connectivity index (χ0) is 30.1. The van der Waals surface area contributed by atoms with E-state index < -0.39 is 0 Å². The molecule has 8 nitrogen and oxygen atoms in total. The van der Waals surface area contributed by atoms with Crippen molar-refractivity contribution in [2.45, 2.75) is 37.5 Å². The number of nitrogens with zero attached hydrogens (tertiary/aromatic N) is 3. The van der Waals surface area contributed by atoms with Gasteiger partial charge in [-0.05, 0) is 61.0 Å². The lowest BCUT2D eigenvalue weighted by atomic mass is 10.2. The second kappa shape index (κ2) is 14.5. The topological polar surface area (TPSA) is 110 Å². The van der Waals surface area contributed by atoms with E-state index in [2.05, 4.69) is 15.6 Å². The SMILES string of the molecule is CC(=O)C(=NNc1cccc(Cl)c1)C(C)=O.CC(=O)c1nn(-c2cccc(Cl)c2)c(=O)c(Sc2ccccc2)c1C. The van der Waals surface area contributed by atoms with Crippen LogP contribution < -0.4 is 11.0 Å². The van der Waals surface area contributed by atoms with E-state index in [0.717, 1.165) is 4.90 Å². The first-order valence-electron chi connectivity index (χ1n) is 12.2. The number of nitrogens with one attached hydrogen (secondary N) is 1. The van der Waals surface area contributed by atoms with E-state index in [1.807, 2.05) is 30.3 Å². The van der Waals surface area contributed by atoms with Crippen molar-refractivity contribution in [2.75, 3.05) is 5.43 Å². The summed E-state index contributed by atoms with van der Waals surface area (Å²) >= 11 is 13.1. The first-order valence-corrected chi connectivity index (χ1v) is 13.8. The van der Waals surface area contributed by atoms with Crippen molar-refractivity contribution in [3.63, 3.8) is 0 Å². The molecular formula is C30H26Cl2N4O4S. The molecule has 0 radical (unpaired) electrons. The Morgan fingerprint density at radius 2 is 1.46 bits per heavy atom. The fourth-order valence-corrected chi connectivity index (χ4v) is 4.84. The van der Waals surface area contributed by atoms with E-state index in [4.69, 9.17) is 23.2 Å². The summed E-state index contributed by atoms with van der Waals surface area (Å²) in [6, 6.07) is 23.2.